The van der Waals surface area contributed by atoms with E-state index in [-0.39, 0.29) is 23.9 Å². The highest BCUT2D eigenvalue weighted by molar-refractivity contribution is 7.13. The molecule has 7 nitrogen and oxygen atoms in total. The van der Waals surface area contributed by atoms with Gasteiger partial charge in [0.05, 0.1) is 34.8 Å². The van der Waals surface area contributed by atoms with E-state index in [4.69, 9.17) is 4.74 Å². The number of aliphatic hydroxyl groups excluding tert-OH is 1. The summed E-state index contributed by atoms with van der Waals surface area (Å²) >= 11 is 1.66. The zero-order valence-corrected chi connectivity index (χ0v) is 23.3. The molecule has 1 saturated heterocycles. The fourth-order valence-corrected chi connectivity index (χ4v) is 6.50. The van der Waals surface area contributed by atoms with Crippen LogP contribution in [0.25, 0.3) is 10.4 Å². The van der Waals surface area contributed by atoms with Crippen LogP contribution in [0, 0.1) is 12.8 Å². The minimum Gasteiger partial charge on any atom is -0.391 e. The van der Waals surface area contributed by atoms with Gasteiger partial charge >= 0.3 is 0 Å². The molecule has 5 rings (SSSR count). The number of thiazole rings is 1. The number of hydrogen-bond acceptors (Lipinski definition) is 7. The van der Waals surface area contributed by atoms with Gasteiger partial charge in [-0.3, -0.25) is 9.69 Å². The van der Waals surface area contributed by atoms with Crippen LogP contribution in [0.3, 0.4) is 0 Å². The molecule has 38 heavy (non-hydrogen) atoms. The largest absolute Gasteiger partial charge is 0.391 e. The van der Waals surface area contributed by atoms with Gasteiger partial charge in [0.2, 0.25) is 5.91 Å². The zero-order valence-electron chi connectivity index (χ0n) is 22.5. The smallest absolute Gasteiger partial charge is 0.240 e. The summed E-state index contributed by atoms with van der Waals surface area (Å²) in [6.45, 7) is 9.61. The molecule has 1 amide bonds. The van der Waals surface area contributed by atoms with E-state index in [1.165, 1.54) is 27.1 Å². The maximum Gasteiger partial charge on any atom is 0.240 e. The van der Waals surface area contributed by atoms with Crippen molar-refractivity contribution in [3.05, 3.63) is 76.4 Å². The Bertz CT molecular complexity index is 1230. The lowest BCUT2D eigenvalue weighted by Gasteiger charge is -2.36. The number of hydrogen-bond donors (Lipinski definition) is 2. The number of carbonyl (C=O) groups is 1. The van der Waals surface area contributed by atoms with Crippen molar-refractivity contribution in [3.8, 4) is 10.4 Å². The minimum absolute atomic E-state index is 0.0435. The summed E-state index contributed by atoms with van der Waals surface area (Å²) in [5, 5.41) is 14.1. The van der Waals surface area contributed by atoms with E-state index in [1.54, 1.807) is 11.3 Å². The fourth-order valence-electron chi connectivity index (χ4n) is 5.69. The Labute approximate surface area is 229 Å². The third-order valence-electron chi connectivity index (χ3n) is 7.63. The molecule has 0 unspecified atom stereocenters. The molecule has 0 aliphatic carbocycles. The van der Waals surface area contributed by atoms with Crippen molar-refractivity contribution in [3.63, 3.8) is 0 Å². The first-order valence-corrected chi connectivity index (χ1v) is 14.4. The Kier molecular flexibility index (Phi) is 8.55. The third kappa shape index (κ3) is 6.00. The lowest BCUT2D eigenvalue weighted by atomic mass is 9.99. The molecule has 0 bridgehead atoms. The average molecular weight is 535 g/mol. The normalized spacial score (nSPS) is 20.9. The number of aliphatic hydroxyl groups is 1. The molecular weight excluding hydrogens is 496 g/mol. The van der Waals surface area contributed by atoms with Crippen LogP contribution >= 0.6 is 11.3 Å². The van der Waals surface area contributed by atoms with Gasteiger partial charge in [0.25, 0.3) is 0 Å². The fraction of sp³-hybridized carbons (Fsp3) is 0.467. The van der Waals surface area contributed by atoms with Crippen molar-refractivity contribution in [1.82, 2.24) is 20.1 Å². The van der Waals surface area contributed by atoms with Crippen LogP contribution in [0.4, 0.5) is 0 Å². The topological polar surface area (TPSA) is 77.9 Å². The summed E-state index contributed by atoms with van der Waals surface area (Å²) < 4.78 is 5.97. The molecule has 3 heterocycles. The molecule has 1 aromatic heterocycles. The number of nitrogens with one attached hydrogen (secondary N) is 1. The molecule has 1 fully saturated rings. The van der Waals surface area contributed by atoms with Crippen molar-refractivity contribution in [1.29, 1.82) is 0 Å². The van der Waals surface area contributed by atoms with Gasteiger partial charge in [-0.2, -0.15) is 0 Å². The number of likely N-dealkylation sites (tertiary alicyclic amines) is 1. The number of rotatable bonds is 8. The van der Waals surface area contributed by atoms with Gasteiger partial charge in [0.15, 0.2) is 0 Å². The maximum atomic E-state index is 14.0. The molecule has 3 aromatic rings. The highest BCUT2D eigenvalue weighted by Gasteiger charge is 2.40. The van der Waals surface area contributed by atoms with Gasteiger partial charge in [-0.1, -0.05) is 62.4 Å². The van der Waals surface area contributed by atoms with E-state index in [9.17, 15) is 9.90 Å². The summed E-state index contributed by atoms with van der Waals surface area (Å²) in [7, 11) is 0. The molecule has 2 aliphatic rings. The number of nitrogens with zero attached hydrogens (tertiary/aromatic N) is 3. The molecule has 3 atom stereocenters. The quantitative estimate of drug-likeness (QED) is 0.452. The van der Waals surface area contributed by atoms with Gasteiger partial charge in [-0.05, 0) is 41.5 Å². The van der Waals surface area contributed by atoms with Crippen LogP contribution in [0.1, 0.15) is 42.7 Å². The standard InChI is InChI=1S/C30H38N4O3S/c1-20(2)28(33-15-24-6-4-5-7-25(24)17-37-19-33)30(36)34-16-27(35)12-26(34)14-31-13-22-8-10-23(11-9-22)29-21(3)32-18-38-29/h4-11,18,20,26-28,31,35H,12-17,19H2,1-3H3/t26-,27+,28-/m0/s1. The SMILES string of the molecule is Cc1ncsc1-c1ccc(CNC[C@@H]2C[C@@H](O)CN2C(=O)[C@H](C(C)C)N2COCc3ccccc3C2)cc1. The van der Waals surface area contributed by atoms with Crippen LogP contribution < -0.4 is 5.32 Å². The number of aromatic nitrogens is 1. The summed E-state index contributed by atoms with van der Waals surface area (Å²) in [6.07, 6.45) is 0.0912. The number of β-amino-alcohol motifs (C(OH)–C–C–N with tert-alkyl or cyclic N) is 1. The Morgan fingerprint density at radius 1 is 1.18 bits per heavy atom. The summed E-state index contributed by atoms with van der Waals surface area (Å²) in [6, 6.07) is 16.5. The molecule has 2 N–H and O–H groups in total. The van der Waals surface area contributed by atoms with Gasteiger partial charge < -0.3 is 20.1 Å². The van der Waals surface area contributed by atoms with Crippen LogP contribution in [-0.2, 0) is 29.2 Å². The number of fused-ring (bicyclic) bond motifs is 1. The number of benzene rings is 2. The van der Waals surface area contributed by atoms with E-state index >= 15 is 0 Å². The predicted molar refractivity (Wildman–Crippen MR) is 150 cm³/mol. The van der Waals surface area contributed by atoms with Crippen LogP contribution in [0.2, 0.25) is 0 Å². The molecule has 2 aromatic carbocycles. The van der Waals surface area contributed by atoms with Crippen LogP contribution in [-0.4, -0.2) is 63.8 Å². The second kappa shape index (κ2) is 12.1. The zero-order chi connectivity index (χ0) is 26.6. The molecular formula is C30H38N4O3S. The molecule has 8 heteroatoms. The number of aryl methyl sites for hydroxylation is 1. The first-order chi connectivity index (χ1) is 18.4. The van der Waals surface area contributed by atoms with Crippen LogP contribution in [0.15, 0.2) is 54.0 Å². The van der Waals surface area contributed by atoms with E-state index < -0.39 is 6.10 Å². The van der Waals surface area contributed by atoms with Crippen molar-refractivity contribution < 1.29 is 14.6 Å². The highest BCUT2D eigenvalue weighted by Crippen LogP contribution is 2.28. The van der Waals surface area contributed by atoms with Crippen molar-refractivity contribution in [2.45, 2.75) is 65.1 Å². The monoisotopic (exact) mass is 534 g/mol. The second-order valence-corrected chi connectivity index (χ2v) is 11.7. The number of carbonyl (C=O) groups excluding carboxylic acids is 1. The first-order valence-electron chi connectivity index (χ1n) is 13.5. The molecule has 2 aliphatic heterocycles. The number of amides is 1. The lowest BCUT2D eigenvalue weighted by molar-refractivity contribution is -0.143. The Balaban J connectivity index is 1.22. The van der Waals surface area contributed by atoms with Crippen molar-refractivity contribution in [2.24, 2.45) is 5.92 Å². The minimum atomic E-state index is -0.499. The molecule has 0 radical (unpaired) electrons. The van der Waals surface area contributed by atoms with E-state index in [0.717, 1.165) is 5.69 Å². The predicted octanol–water partition coefficient (Wildman–Crippen LogP) is 4.18. The second-order valence-electron chi connectivity index (χ2n) is 10.8. The Hall–Kier alpha value is -2.62. The van der Waals surface area contributed by atoms with E-state index in [1.807, 2.05) is 29.5 Å². The summed E-state index contributed by atoms with van der Waals surface area (Å²) in [5.41, 5.74) is 7.70. The van der Waals surface area contributed by atoms with Gasteiger partial charge in [-0.15, -0.1) is 11.3 Å². The Morgan fingerprint density at radius 3 is 2.66 bits per heavy atom. The van der Waals surface area contributed by atoms with E-state index in [2.05, 4.69) is 65.4 Å². The molecule has 0 spiro atoms. The third-order valence-corrected chi connectivity index (χ3v) is 8.61. The lowest BCUT2D eigenvalue weighted by Crippen LogP contribution is -2.54. The van der Waals surface area contributed by atoms with Crippen molar-refractivity contribution in [2.75, 3.05) is 19.8 Å². The highest BCUT2D eigenvalue weighted by atomic mass is 32.1. The summed E-state index contributed by atoms with van der Waals surface area (Å²) in [4.78, 5) is 23.6. The maximum absolute atomic E-state index is 14.0. The summed E-state index contributed by atoms with van der Waals surface area (Å²) in [5.74, 6) is 0.194. The Morgan fingerprint density at radius 2 is 1.95 bits per heavy atom. The first kappa shape index (κ1) is 27.0. The van der Waals surface area contributed by atoms with E-state index in [0.29, 0.717) is 45.9 Å². The van der Waals surface area contributed by atoms with Gasteiger partial charge in [-0.25, -0.2) is 4.98 Å². The van der Waals surface area contributed by atoms with Gasteiger partial charge in [0.1, 0.15) is 6.73 Å². The van der Waals surface area contributed by atoms with Crippen LogP contribution in [0.5, 0.6) is 0 Å². The molecule has 0 saturated carbocycles. The number of ether oxygens (including phenoxy) is 1. The molecule has 202 valence electrons. The average Bonchev–Trinajstić information content (AvgIpc) is 3.43. The van der Waals surface area contributed by atoms with Gasteiger partial charge in [0, 0.05) is 32.2 Å². The van der Waals surface area contributed by atoms with Crippen molar-refractivity contribution >= 4 is 17.2 Å².